The molecule has 1 aromatic carbocycles. The molecule has 4 heteroatoms. The summed E-state index contributed by atoms with van der Waals surface area (Å²) in [6, 6.07) is 4.12. The zero-order chi connectivity index (χ0) is 8.43. The van der Waals surface area contributed by atoms with Gasteiger partial charge in [0, 0.05) is 0 Å². The molecule has 0 spiro atoms. The Morgan fingerprint density at radius 3 is 2.64 bits per heavy atom. The Kier molecular flexibility index (Phi) is 2.36. The molecule has 0 fully saturated rings. The van der Waals surface area contributed by atoms with Crippen molar-refractivity contribution in [3.8, 4) is 0 Å². The standard InChI is InChI=1S/C7H7FO2S/c1-5-2-3-7(11(9)10)6(8)4-5/h2-4H,1H3,(H,9,10). The van der Waals surface area contributed by atoms with Gasteiger partial charge < -0.3 is 4.55 Å². The Morgan fingerprint density at radius 2 is 2.18 bits per heavy atom. The molecule has 0 aliphatic carbocycles. The van der Waals surface area contributed by atoms with Crippen molar-refractivity contribution >= 4 is 11.1 Å². The van der Waals surface area contributed by atoms with E-state index in [-0.39, 0.29) is 4.90 Å². The van der Waals surface area contributed by atoms with Crippen LogP contribution >= 0.6 is 0 Å². The van der Waals surface area contributed by atoms with Crippen molar-refractivity contribution in [1.29, 1.82) is 0 Å². The second-order valence-corrected chi connectivity index (χ2v) is 3.12. The van der Waals surface area contributed by atoms with Crippen molar-refractivity contribution < 1.29 is 13.2 Å². The molecule has 1 atom stereocenters. The van der Waals surface area contributed by atoms with Crippen LogP contribution in [-0.4, -0.2) is 8.76 Å². The van der Waals surface area contributed by atoms with Gasteiger partial charge in [0.15, 0.2) is 11.1 Å². The Bertz CT molecular complexity index is 298. The fraction of sp³-hybridized carbons (Fsp3) is 0.143. The lowest BCUT2D eigenvalue weighted by Crippen LogP contribution is -1.93. The van der Waals surface area contributed by atoms with Crippen LogP contribution in [0.2, 0.25) is 0 Å². The molecule has 0 aliphatic heterocycles. The predicted octanol–water partition coefficient (Wildman–Crippen LogP) is 1.71. The lowest BCUT2D eigenvalue weighted by molar-refractivity contribution is 0.544. The van der Waals surface area contributed by atoms with Crippen LogP contribution in [0.5, 0.6) is 0 Å². The summed E-state index contributed by atoms with van der Waals surface area (Å²) in [4.78, 5) is -0.171. The van der Waals surface area contributed by atoms with E-state index in [1.165, 1.54) is 12.1 Å². The molecule has 1 aromatic rings. The number of rotatable bonds is 1. The Labute approximate surface area is 66.3 Å². The molecule has 1 N–H and O–H groups in total. The third kappa shape index (κ3) is 1.85. The highest BCUT2D eigenvalue weighted by Crippen LogP contribution is 2.12. The fourth-order valence-electron chi connectivity index (χ4n) is 0.747. The van der Waals surface area contributed by atoms with Gasteiger partial charge in [-0.1, -0.05) is 6.07 Å². The first-order valence-corrected chi connectivity index (χ1v) is 4.09. The summed E-state index contributed by atoms with van der Waals surface area (Å²) in [5.74, 6) is -0.633. The van der Waals surface area contributed by atoms with E-state index >= 15 is 0 Å². The first kappa shape index (κ1) is 8.36. The van der Waals surface area contributed by atoms with E-state index < -0.39 is 16.9 Å². The molecular weight excluding hydrogens is 167 g/mol. The van der Waals surface area contributed by atoms with E-state index in [2.05, 4.69) is 0 Å². The molecular formula is C7H7FO2S. The molecule has 11 heavy (non-hydrogen) atoms. The van der Waals surface area contributed by atoms with E-state index in [1.54, 1.807) is 13.0 Å². The van der Waals surface area contributed by atoms with Gasteiger partial charge in [-0.25, -0.2) is 8.60 Å². The van der Waals surface area contributed by atoms with Crippen molar-refractivity contribution in [3.63, 3.8) is 0 Å². The van der Waals surface area contributed by atoms with Crippen LogP contribution in [-0.2, 0) is 11.1 Å². The molecule has 1 rings (SSSR count). The van der Waals surface area contributed by atoms with Gasteiger partial charge in [0.2, 0.25) is 0 Å². The predicted molar refractivity (Wildman–Crippen MR) is 40.2 cm³/mol. The molecule has 0 radical (unpaired) electrons. The van der Waals surface area contributed by atoms with Gasteiger partial charge in [-0.3, -0.25) is 0 Å². The summed E-state index contributed by atoms with van der Waals surface area (Å²) in [7, 11) is 0. The Morgan fingerprint density at radius 1 is 1.55 bits per heavy atom. The Balaban J connectivity index is 3.20. The lowest BCUT2D eigenvalue weighted by Gasteiger charge is -1.97. The molecule has 0 saturated carbocycles. The van der Waals surface area contributed by atoms with E-state index in [9.17, 15) is 8.60 Å². The van der Waals surface area contributed by atoms with Gasteiger partial charge in [0.25, 0.3) is 0 Å². The second-order valence-electron chi connectivity index (χ2n) is 2.18. The molecule has 1 unspecified atom stereocenters. The monoisotopic (exact) mass is 174 g/mol. The first-order chi connectivity index (χ1) is 5.11. The van der Waals surface area contributed by atoms with E-state index in [4.69, 9.17) is 4.55 Å². The van der Waals surface area contributed by atoms with Gasteiger partial charge in [-0.15, -0.1) is 0 Å². The third-order valence-electron chi connectivity index (χ3n) is 1.28. The number of halogens is 1. The highest BCUT2D eigenvalue weighted by molar-refractivity contribution is 7.79. The topological polar surface area (TPSA) is 37.3 Å². The molecule has 0 heterocycles. The maximum absolute atomic E-state index is 12.7. The summed E-state index contributed by atoms with van der Waals surface area (Å²) in [6.07, 6.45) is 0. The van der Waals surface area contributed by atoms with Gasteiger partial charge in [-0.05, 0) is 24.6 Å². The minimum Gasteiger partial charge on any atom is -0.302 e. The molecule has 0 saturated heterocycles. The number of hydrogen-bond acceptors (Lipinski definition) is 1. The smallest absolute Gasteiger partial charge is 0.189 e. The van der Waals surface area contributed by atoms with E-state index in [0.29, 0.717) is 0 Å². The minimum atomic E-state index is -2.22. The van der Waals surface area contributed by atoms with Crippen molar-refractivity contribution in [2.75, 3.05) is 0 Å². The molecule has 0 bridgehead atoms. The SMILES string of the molecule is Cc1ccc(S(=O)O)c(F)c1. The number of aryl methyl sites for hydroxylation is 1. The normalized spacial score (nSPS) is 13.0. The van der Waals surface area contributed by atoms with Crippen LogP contribution < -0.4 is 0 Å². The van der Waals surface area contributed by atoms with Crippen molar-refractivity contribution in [3.05, 3.63) is 29.6 Å². The van der Waals surface area contributed by atoms with Gasteiger partial charge in [0.05, 0.1) is 0 Å². The van der Waals surface area contributed by atoms with Gasteiger partial charge in [-0.2, -0.15) is 0 Å². The van der Waals surface area contributed by atoms with Crippen LogP contribution in [0.15, 0.2) is 23.1 Å². The number of benzene rings is 1. The average molecular weight is 174 g/mol. The molecule has 0 aromatic heterocycles. The van der Waals surface area contributed by atoms with Crippen molar-refractivity contribution in [1.82, 2.24) is 0 Å². The largest absolute Gasteiger partial charge is 0.302 e. The molecule has 0 amide bonds. The summed E-state index contributed by atoms with van der Waals surface area (Å²) in [6.45, 7) is 1.72. The van der Waals surface area contributed by atoms with Crippen LogP contribution in [0.4, 0.5) is 4.39 Å². The quantitative estimate of drug-likeness (QED) is 0.658. The Hall–Kier alpha value is -0.740. The minimum absolute atomic E-state index is 0.171. The zero-order valence-electron chi connectivity index (χ0n) is 5.87. The third-order valence-corrected chi connectivity index (χ3v) is 1.98. The van der Waals surface area contributed by atoms with Gasteiger partial charge >= 0.3 is 0 Å². The summed E-state index contributed by atoms with van der Waals surface area (Å²) >= 11 is -2.22. The highest BCUT2D eigenvalue weighted by atomic mass is 32.2. The van der Waals surface area contributed by atoms with Crippen LogP contribution in [0, 0.1) is 12.7 Å². The van der Waals surface area contributed by atoms with E-state index in [1.807, 2.05) is 0 Å². The maximum atomic E-state index is 12.7. The summed E-state index contributed by atoms with van der Waals surface area (Å²) in [5.41, 5.74) is 0.733. The summed E-state index contributed by atoms with van der Waals surface area (Å²) in [5, 5.41) is 0. The van der Waals surface area contributed by atoms with Crippen molar-refractivity contribution in [2.24, 2.45) is 0 Å². The van der Waals surface area contributed by atoms with Crippen LogP contribution in [0.1, 0.15) is 5.56 Å². The molecule has 0 aliphatic rings. The van der Waals surface area contributed by atoms with E-state index in [0.717, 1.165) is 5.56 Å². The maximum Gasteiger partial charge on any atom is 0.189 e. The zero-order valence-corrected chi connectivity index (χ0v) is 6.69. The van der Waals surface area contributed by atoms with Crippen LogP contribution in [0.25, 0.3) is 0 Å². The highest BCUT2D eigenvalue weighted by Gasteiger charge is 2.06. The first-order valence-electron chi connectivity index (χ1n) is 2.98. The lowest BCUT2D eigenvalue weighted by atomic mass is 10.2. The number of hydrogen-bond donors (Lipinski definition) is 1. The summed E-state index contributed by atoms with van der Waals surface area (Å²) < 4.78 is 31.7. The second kappa shape index (κ2) is 3.11. The molecule has 60 valence electrons. The van der Waals surface area contributed by atoms with Crippen molar-refractivity contribution in [2.45, 2.75) is 11.8 Å². The fourth-order valence-corrected chi connectivity index (χ4v) is 1.16. The molecule has 2 nitrogen and oxygen atoms in total. The average Bonchev–Trinajstić information content (AvgIpc) is 1.85. The van der Waals surface area contributed by atoms with Crippen LogP contribution in [0.3, 0.4) is 0 Å². The van der Waals surface area contributed by atoms with Gasteiger partial charge in [0.1, 0.15) is 10.7 Å².